The molecule has 3 rings (SSSR count). The summed E-state index contributed by atoms with van der Waals surface area (Å²) in [5, 5.41) is 3.72. The summed E-state index contributed by atoms with van der Waals surface area (Å²) in [4.78, 5) is 16.6. The van der Waals surface area contributed by atoms with Gasteiger partial charge in [-0.25, -0.2) is 0 Å². The molecule has 0 aliphatic heterocycles. The zero-order chi connectivity index (χ0) is 21.0. The Labute approximate surface area is 170 Å². The number of hydrogen-bond acceptors (Lipinski definition) is 5. The maximum atomic E-state index is 12.2. The molecule has 0 atom stereocenters. The number of rotatable bonds is 8. The number of carbonyl (C=O) groups is 1. The molecule has 0 spiro atoms. The number of hydrogen-bond donors (Lipinski definition) is 1. The van der Waals surface area contributed by atoms with Crippen LogP contribution in [-0.4, -0.2) is 25.1 Å². The molecule has 6 nitrogen and oxygen atoms in total. The van der Waals surface area contributed by atoms with E-state index in [4.69, 9.17) is 14.2 Å². The van der Waals surface area contributed by atoms with Crippen molar-refractivity contribution in [3.8, 4) is 17.2 Å². The van der Waals surface area contributed by atoms with Gasteiger partial charge in [0.1, 0.15) is 11.5 Å². The van der Waals surface area contributed by atoms with Crippen molar-refractivity contribution >= 4 is 16.8 Å². The molecule has 1 aliphatic carbocycles. The van der Waals surface area contributed by atoms with Gasteiger partial charge >= 0.3 is 0 Å². The number of ether oxygens (including phenoxy) is 3. The van der Waals surface area contributed by atoms with Gasteiger partial charge in [-0.1, -0.05) is 13.5 Å². The summed E-state index contributed by atoms with van der Waals surface area (Å²) >= 11 is 0. The van der Waals surface area contributed by atoms with Crippen molar-refractivity contribution in [2.75, 3.05) is 14.2 Å². The number of nitrogens with zero attached hydrogens (tertiary/aromatic N) is 1. The molecule has 0 radical (unpaired) electrons. The molecule has 152 valence electrons. The van der Waals surface area contributed by atoms with Gasteiger partial charge in [0.15, 0.2) is 11.5 Å². The van der Waals surface area contributed by atoms with E-state index >= 15 is 0 Å². The van der Waals surface area contributed by atoms with E-state index in [-0.39, 0.29) is 11.3 Å². The molecule has 1 aromatic heterocycles. The molecule has 1 fully saturated rings. The maximum absolute atomic E-state index is 12.2. The number of allylic oxidation sites excluding steroid dienone is 4. The number of carbonyl (C=O) groups excluding carboxylic acids is 1. The molecule has 0 bridgehead atoms. The Bertz CT molecular complexity index is 1000. The third-order valence-electron chi connectivity index (χ3n) is 5.00. The molecule has 0 unspecified atom stereocenters. The number of methoxy groups -OCH3 is 2. The summed E-state index contributed by atoms with van der Waals surface area (Å²) in [5.41, 5.74) is 1.13. The first-order chi connectivity index (χ1) is 13.9. The summed E-state index contributed by atoms with van der Waals surface area (Å²) in [5.74, 6) is 2.53. The normalized spacial score (nSPS) is 15.6. The molecule has 1 saturated carbocycles. The van der Waals surface area contributed by atoms with Crippen LogP contribution in [0.25, 0.3) is 10.9 Å². The molecule has 1 amide bonds. The Morgan fingerprint density at radius 3 is 2.48 bits per heavy atom. The summed E-state index contributed by atoms with van der Waals surface area (Å²) in [7, 11) is 3.17. The predicted molar refractivity (Wildman–Crippen MR) is 113 cm³/mol. The predicted octanol–water partition coefficient (Wildman–Crippen LogP) is 4.52. The fourth-order valence-electron chi connectivity index (χ4n) is 2.81. The van der Waals surface area contributed by atoms with E-state index in [2.05, 4.69) is 16.9 Å². The van der Waals surface area contributed by atoms with Gasteiger partial charge in [-0.05, 0) is 50.1 Å². The van der Waals surface area contributed by atoms with Crippen molar-refractivity contribution in [2.45, 2.75) is 26.7 Å². The fourth-order valence-corrected chi connectivity index (χ4v) is 2.81. The molecule has 6 heteroatoms. The smallest absolute Gasteiger partial charge is 0.230 e. The van der Waals surface area contributed by atoms with Crippen LogP contribution in [0.3, 0.4) is 0 Å². The molecule has 1 heterocycles. The number of benzene rings is 1. The zero-order valence-corrected chi connectivity index (χ0v) is 17.2. The van der Waals surface area contributed by atoms with Crippen LogP contribution in [0.15, 0.2) is 60.7 Å². The third-order valence-corrected chi connectivity index (χ3v) is 5.00. The Morgan fingerprint density at radius 2 is 1.86 bits per heavy atom. The van der Waals surface area contributed by atoms with Crippen LogP contribution in [0.4, 0.5) is 0 Å². The fraction of sp³-hybridized carbons (Fsp3) is 0.304. The van der Waals surface area contributed by atoms with Crippen LogP contribution in [0.1, 0.15) is 26.7 Å². The van der Waals surface area contributed by atoms with Crippen LogP contribution in [0.5, 0.6) is 17.2 Å². The second-order valence-electron chi connectivity index (χ2n) is 7.25. The lowest BCUT2D eigenvalue weighted by Crippen LogP contribution is -2.28. The highest BCUT2D eigenvalue weighted by atomic mass is 16.5. The van der Waals surface area contributed by atoms with Crippen LogP contribution in [0.2, 0.25) is 0 Å². The first kappa shape index (κ1) is 20.5. The first-order valence-corrected chi connectivity index (χ1v) is 9.41. The monoisotopic (exact) mass is 394 g/mol. The molecule has 1 aliphatic rings. The van der Waals surface area contributed by atoms with Gasteiger partial charge in [0.25, 0.3) is 0 Å². The average molecular weight is 394 g/mol. The standard InChI is InChI=1S/C23H26N2O4/c1-6-16(25-22(26)23(3)10-11-23)8-7-15(2)29-19-9-12-24-18-14-21(28-5)20(27-4)13-17(18)19/h6-9,12-14H,1,10-11H2,2-5H3,(H,25,26)/b15-7+,16-8+. The van der Waals surface area contributed by atoms with Crippen molar-refractivity contribution < 1.29 is 19.0 Å². The number of pyridine rings is 1. The quantitative estimate of drug-likeness (QED) is 0.527. The minimum atomic E-state index is -0.243. The molecule has 1 N–H and O–H groups in total. The van der Waals surface area contributed by atoms with E-state index in [9.17, 15) is 4.79 Å². The van der Waals surface area contributed by atoms with Gasteiger partial charge in [-0.2, -0.15) is 0 Å². The van der Waals surface area contributed by atoms with Crippen LogP contribution < -0.4 is 19.5 Å². The molecule has 29 heavy (non-hydrogen) atoms. The lowest BCUT2D eigenvalue weighted by atomic mass is 10.1. The van der Waals surface area contributed by atoms with Crippen LogP contribution >= 0.6 is 0 Å². The number of nitrogens with one attached hydrogen (secondary N) is 1. The van der Waals surface area contributed by atoms with E-state index in [0.717, 1.165) is 23.7 Å². The van der Waals surface area contributed by atoms with Gasteiger partial charge in [0, 0.05) is 28.8 Å². The van der Waals surface area contributed by atoms with Gasteiger partial charge < -0.3 is 19.5 Å². The average Bonchev–Trinajstić information content (AvgIpc) is 3.48. The highest BCUT2D eigenvalue weighted by Crippen LogP contribution is 2.45. The molecular formula is C23H26N2O4. The maximum Gasteiger partial charge on any atom is 0.230 e. The van der Waals surface area contributed by atoms with Gasteiger partial charge in [-0.15, -0.1) is 0 Å². The molecule has 1 aromatic carbocycles. The van der Waals surface area contributed by atoms with Crippen molar-refractivity contribution in [1.82, 2.24) is 10.3 Å². The van der Waals surface area contributed by atoms with Gasteiger partial charge in [-0.3, -0.25) is 9.78 Å². The van der Waals surface area contributed by atoms with Crippen molar-refractivity contribution in [3.05, 3.63) is 60.7 Å². The van der Waals surface area contributed by atoms with Crippen molar-refractivity contribution in [1.29, 1.82) is 0 Å². The topological polar surface area (TPSA) is 69.7 Å². The minimum absolute atomic E-state index is 0.0248. The summed E-state index contributed by atoms with van der Waals surface area (Å²) in [6.07, 6.45) is 8.71. The Morgan fingerprint density at radius 1 is 1.17 bits per heavy atom. The Hall–Kier alpha value is -3.28. The third kappa shape index (κ3) is 4.59. The number of aromatic nitrogens is 1. The zero-order valence-electron chi connectivity index (χ0n) is 17.2. The second-order valence-corrected chi connectivity index (χ2v) is 7.25. The summed E-state index contributed by atoms with van der Waals surface area (Å²) < 4.78 is 16.7. The van der Waals surface area contributed by atoms with Gasteiger partial charge in [0.05, 0.1) is 19.7 Å². The van der Waals surface area contributed by atoms with E-state index in [1.54, 1.807) is 44.7 Å². The first-order valence-electron chi connectivity index (χ1n) is 9.41. The van der Waals surface area contributed by atoms with E-state index in [1.165, 1.54) is 0 Å². The highest BCUT2D eigenvalue weighted by molar-refractivity contribution is 5.88. The molecular weight excluding hydrogens is 368 g/mol. The van der Waals surface area contributed by atoms with E-state index in [1.807, 2.05) is 26.0 Å². The molecule has 0 saturated heterocycles. The van der Waals surface area contributed by atoms with E-state index in [0.29, 0.717) is 28.7 Å². The molecule has 2 aromatic rings. The number of amides is 1. The summed E-state index contributed by atoms with van der Waals surface area (Å²) in [6.45, 7) is 7.57. The summed E-state index contributed by atoms with van der Waals surface area (Å²) in [6, 6.07) is 5.44. The van der Waals surface area contributed by atoms with Crippen molar-refractivity contribution in [2.24, 2.45) is 5.41 Å². The second kappa shape index (κ2) is 8.39. The lowest BCUT2D eigenvalue weighted by Gasteiger charge is -2.12. The highest BCUT2D eigenvalue weighted by Gasteiger charge is 2.44. The Kier molecular flexibility index (Phi) is 5.92. The van der Waals surface area contributed by atoms with E-state index < -0.39 is 0 Å². The van der Waals surface area contributed by atoms with Gasteiger partial charge in [0.2, 0.25) is 5.91 Å². The van der Waals surface area contributed by atoms with Crippen LogP contribution in [0, 0.1) is 5.41 Å². The SMILES string of the molecule is C=C/C(=C\C=C(/C)Oc1ccnc2cc(OC)c(OC)cc12)NC(=O)C1(C)CC1. The lowest BCUT2D eigenvalue weighted by molar-refractivity contribution is -0.124. The Balaban J connectivity index is 1.81. The largest absolute Gasteiger partial charge is 0.493 e. The van der Waals surface area contributed by atoms with Crippen LogP contribution in [-0.2, 0) is 4.79 Å². The minimum Gasteiger partial charge on any atom is -0.493 e. The van der Waals surface area contributed by atoms with Crippen molar-refractivity contribution in [3.63, 3.8) is 0 Å². The number of fused-ring (bicyclic) bond motifs is 1.